The van der Waals surface area contributed by atoms with Crippen molar-refractivity contribution in [3.63, 3.8) is 0 Å². The molecule has 148 valence electrons. The van der Waals surface area contributed by atoms with E-state index in [-0.39, 0.29) is 24.0 Å². The van der Waals surface area contributed by atoms with Gasteiger partial charge in [0, 0.05) is 38.3 Å². The lowest BCUT2D eigenvalue weighted by molar-refractivity contribution is 0.289. The Labute approximate surface area is 175 Å². The minimum atomic E-state index is 0. The van der Waals surface area contributed by atoms with E-state index in [1.807, 2.05) is 7.05 Å². The summed E-state index contributed by atoms with van der Waals surface area (Å²) in [5.74, 6) is 2.67. The second kappa shape index (κ2) is 9.95. The molecule has 1 aromatic heterocycles. The van der Waals surface area contributed by atoms with Crippen molar-refractivity contribution in [2.45, 2.75) is 77.8 Å². The lowest BCUT2D eigenvalue weighted by atomic mass is 9.83. The predicted molar refractivity (Wildman–Crippen MR) is 119 cm³/mol. The van der Waals surface area contributed by atoms with Crippen LogP contribution in [0.25, 0.3) is 0 Å². The van der Waals surface area contributed by atoms with Gasteiger partial charge in [-0.1, -0.05) is 19.8 Å². The van der Waals surface area contributed by atoms with Gasteiger partial charge in [-0.3, -0.25) is 9.67 Å². The van der Waals surface area contributed by atoms with E-state index in [0.717, 1.165) is 43.6 Å². The lowest BCUT2D eigenvalue weighted by Crippen LogP contribution is -2.47. The number of hydrogen-bond donors (Lipinski definition) is 2. The van der Waals surface area contributed by atoms with E-state index in [1.54, 1.807) is 0 Å². The summed E-state index contributed by atoms with van der Waals surface area (Å²) < 4.78 is 2.10. The molecule has 0 aromatic carbocycles. The minimum absolute atomic E-state index is 0. The molecule has 0 aliphatic heterocycles. The zero-order chi connectivity index (χ0) is 17.8. The zero-order valence-electron chi connectivity index (χ0n) is 16.8. The summed E-state index contributed by atoms with van der Waals surface area (Å²) in [5, 5.41) is 12.0. The number of nitrogens with zero attached hydrogens (tertiary/aromatic N) is 3. The van der Waals surface area contributed by atoms with Gasteiger partial charge in [-0.2, -0.15) is 5.10 Å². The summed E-state index contributed by atoms with van der Waals surface area (Å²) in [6, 6.07) is 0.866. The van der Waals surface area contributed by atoms with Crippen LogP contribution in [-0.4, -0.2) is 35.4 Å². The van der Waals surface area contributed by atoms with Crippen LogP contribution in [0.5, 0.6) is 0 Å². The third-order valence-corrected chi connectivity index (χ3v) is 5.88. The topological polar surface area (TPSA) is 54.2 Å². The Hall–Kier alpha value is -0.790. The number of aliphatic imine (C=N–C) groups is 1. The molecule has 6 heteroatoms. The third-order valence-electron chi connectivity index (χ3n) is 5.88. The monoisotopic (exact) mass is 473 g/mol. The van der Waals surface area contributed by atoms with Gasteiger partial charge in [-0.25, -0.2) is 0 Å². The van der Waals surface area contributed by atoms with Gasteiger partial charge in [0.25, 0.3) is 0 Å². The summed E-state index contributed by atoms with van der Waals surface area (Å²) in [5.41, 5.74) is 2.68. The molecule has 0 radical (unpaired) electrons. The standard InChI is InChI=1S/C20H35N5.HI/c1-14(2)25-13-17-9-10-18(11-19(17)24-25)23-20(21-4)22-12-16-7-5-15(3)6-8-16;/h13-16,18H,5-12H2,1-4H3,(H2,21,22,23);1H. The first kappa shape index (κ1) is 21.5. The first-order valence-electron chi connectivity index (χ1n) is 10.1. The molecule has 1 saturated carbocycles. The highest BCUT2D eigenvalue weighted by Gasteiger charge is 2.23. The summed E-state index contributed by atoms with van der Waals surface area (Å²) in [6.45, 7) is 7.80. The molecule has 3 rings (SSSR count). The van der Waals surface area contributed by atoms with Crippen LogP contribution in [0.1, 0.15) is 70.2 Å². The summed E-state index contributed by atoms with van der Waals surface area (Å²) in [4.78, 5) is 4.44. The van der Waals surface area contributed by atoms with E-state index in [4.69, 9.17) is 5.10 Å². The molecule has 0 spiro atoms. The Bertz CT molecular complexity index is 587. The van der Waals surface area contributed by atoms with Crippen LogP contribution < -0.4 is 10.6 Å². The Kier molecular flexibility index (Phi) is 8.23. The van der Waals surface area contributed by atoms with Gasteiger partial charge in [0.1, 0.15) is 0 Å². The maximum atomic E-state index is 4.78. The van der Waals surface area contributed by atoms with Crippen molar-refractivity contribution in [3.05, 3.63) is 17.5 Å². The Morgan fingerprint density at radius 1 is 1.27 bits per heavy atom. The Balaban J connectivity index is 0.00000243. The van der Waals surface area contributed by atoms with Crippen LogP contribution in [0.15, 0.2) is 11.2 Å². The molecule has 2 aliphatic rings. The fraction of sp³-hybridized carbons (Fsp3) is 0.800. The summed E-state index contributed by atoms with van der Waals surface area (Å²) in [7, 11) is 1.88. The second-order valence-corrected chi connectivity index (χ2v) is 8.34. The smallest absolute Gasteiger partial charge is 0.191 e. The van der Waals surface area contributed by atoms with E-state index < -0.39 is 0 Å². The van der Waals surface area contributed by atoms with Gasteiger partial charge in [-0.15, -0.1) is 24.0 Å². The van der Waals surface area contributed by atoms with E-state index in [0.29, 0.717) is 12.1 Å². The molecular weight excluding hydrogens is 437 g/mol. The number of aromatic nitrogens is 2. The highest BCUT2D eigenvalue weighted by atomic mass is 127. The zero-order valence-corrected chi connectivity index (χ0v) is 19.1. The van der Waals surface area contributed by atoms with Crippen molar-refractivity contribution in [2.24, 2.45) is 16.8 Å². The Morgan fingerprint density at radius 2 is 2.00 bits per heavy atom. The molecule has 2 N–H and O–H groups in total. The van der Waals surface area contributed by atoms with Crippen molar-refractivity contribution in [3.8, 4) is 0 Å². The Morgan fingerprint density at radius 3 is 2.65 bits per heavy atom. The van der Waals surface area contributed by atoms with Crippen LogP contribution in [0.2, 0.25) is 0 Å². The van der Waals surface area contributed by atoms with Gasteiger partial charge >= 0.3 is 0 Å². The van der Waals surface area contributed by atoms with Crippen LogP contribution in [0, 0.1) is 11.8 Å². The van der Waals surface area contributed by atoms with Gasteiger partial charge < -0.3 is 10.6 Å². The molecular formula is C20H36IN5. The fourth-order valence-electron chi connectivity index (χ4n) is 4.06. The minimum Gasteiger partial charge on any atom is -0.356 e. The first-order chi connectivity index (χ1) is 12.0. The molecule has 0 saturated heterocycles. The predicted octanol–water partition coefficient (Wildman–Crippen LogP) is 3.93. The largest absolute Gasteiger partial charge is 0.356 e. The second-order valence-electron chi connectivity index (χ2n) is 8.34. The average molecular weight is 473 g/mol. The van der Waals surface area contributed by atoms with Gasteiger partial charge in [0.15, 0.2) is 5.96 Å². The molecule has 5 nitrogen and oxygen atoms in total. The van der Waals surface area contributed by atoms with E-state index in [2.05, 4.69) is 47.3 Å². The van der Waals surface area contributed by atoms with Crippen LogP contribution in [0.3, 0.4) is 0 Å². The van der Waals surface area contributed by atoms with Gasteiger partial charge in [-0.05, 0) is 56.9 Å². The SMILES string of the molecule is CN=C(NCC1CCC(C)CC1)NC1CCc2cn(C(C)C)nc2C1.I. The van der Waals surface area contributed by atoms with Crippen LogP contribution >= 0.6 is 24.0 Å². The van der Waals surface area contributed by atoms with Crippen molar-refractivity contribution in [1.82, 2.24) is 20.4 Å². The molecule has 0 bridgehead atoms. The number of rotatable bonds is 4. The van der Waals surface area contributed by atoms with Crippen molar-refractivity contribution >= 4 is 29.9 Å². The molecule has 1 unspecified atom stereocenters. The van der Waals surface area contributed by atoms with Crippen LogP contribution in [-0.2, 0) is 12.8 Å². The summed E-state index contributed by atoms with van der Waals surface area (Å²) >= 11 is 0. The number of nitrogens with one attached hydrogen (secondary N) is 2. The maximum Gasteiger partial charge on any atom is 0.191 e. The average Bonchev–Trinajstić information content (AvgIpc) is 3.03. The molecule has 26 heavy (non-hydrogen) atoms. The summed E-state index contributed by atoms with van der Waals surface area (Å²) in [6.07, 6.45) is 10.9. The van der Waals surface area contributed by atoms with E-state index >= 15 is 0 Å². The lowest BCUT2D eigenvalue weighted by Gasteiger charge is -2.28. The first-order valence-corrected chi connectivity index (χ1v) is 10.1. The van der Waals surface area contributed by atoms with Gasteiger partial charge in [0.2, 0.25) is 0 Å². The number of guanidine groups is 1. The van der Waals surface area contributed by atoms with Gasteiger partial charge in [0.05, 0.1) is 5.69 Å². The molecule has 2 aliphatic carbocycles. The maximum absolute atomic E-state index is 4.78. The van der Waals surface area contributed by atoms with Crippen molar-refractivity contribution in [2.75, 3.05) is 13.6 Å². The van der Waals surface area contributed by atoms with Crippen LogP contribution in [0.4, 0.5) is 0 Å². The highest BCUT2D eigenvalue weighted by molar-refractivity contribution is 14.0. The van der Waals surface area contributed by atoms with E-state index in [9.17, 15) is 0 Å². The molecule has 1 aromatic rings. The third kappa shape index (κ3) is 5.60. The molecule has 1 atom stereocenters. The number of fused-ring (bicyclic) bond motifs is 1. The van der Waals surface area contributed by atoms with Crippen molar-refractivity contribution < 1.29 is 0 Å². The highest BCUT2D eigenvalue weighted by Crippen LogP contribution is 2.27. The quantitative estimate of drug-likeness (QED) is 0.396. The number of halogens is 1. The number of aryl methyl sites for hydroxylation is 1. The molecule has 0 amide bonds. The van der Waals surface area contributed by atoms with E-state index in [1.165, 1.54) is 36.9 Å². The normalized spacial score (nSPS) is 26.2. The molecule has 1 heterocycles. The number of hydrogen-bond acceptors (Lipinski definition) is 2. The van der Waals surface area contributed by atoms with Crippen molar-refractivity contribution in [1.29, 1.82) is 0 Å². The molecule has 1 fully saturated rings. The fourth-order valence-corrected chi connectivity index (χ4v) is 4.06.